The highest BCUT2D eigenvalue weighted by atomic mass is 35.5. The molecule has 0 aliphatic heterocycles. The summed E-state index contributed by atoms with van der Waals surface area (Å²) in [6.45, 7) is 3.92. The molecule has 2 N–H and O–H groups in total. The summed E-state index contributed by atoms with van der Waals surface area (Å²) in [7, 11) is -3.57. The molecule has 0 radical (unpaired) electrons. The van der Waals surface area contributed by atoms with Crippen LogP contribution in [0.3, 0.4) is 0 Å². The van der Waals surface area contributed by atoms with Crippen molar-refractivity contribution >= 4 is 21.6 Å². The molecular formula is C14H21ClFNO3S. The third kappa shape index (κ3) is 5.21. The van der Waals surface area contributed by atoms with Crippen LogP contribution in [0.5, 0.6) is 0 Å². The predicted molar refractivity (Wildman–Crippen MR) is 82.1 cm³/mol. The Hall–Kier alpha value is -0.690. The maximum absolute atomic E-state index is 13.0. The van der Waals surface area contributed by atoms with E-state index in [1.807, 2.05) is 13.8 Å². The number of sulfonamides is 1. The van der Waals surface area contributed by atoms with E-state index < -0.39 is 21.3 Å². The van der Waals surface area contributed by atoms with Crippen LogP contribution in [0.2, 0.25) is 5.02 Å². The second kappa shape index (κ2) is 7.54. The van der Waals surface area contributed by atoms with E-state index in [4.69, 9.17) is 11.6 Å². The fraction of sp³-hybridized carbons (Fsp3) is 0.571. The van der Waals surface area contributed by atoms with Gasteiger partial charge in [-0.25, -0.2) is 17.5 Å². The summed E-state index contributed by atoms with van der Waals surface area (Å²) in [5.41, 5.74) is -0.0375. The number of aliphatic hydroxyl groups is 1. The number of hydrogen-bond donors (Lipinski definition) is 2. The van der Waals surface area contributed by atoms with Crippen LogP contribution in [0.1, 0.15) is 32.3 Å². The summed E-state index contributed by atoms with van der Waals surface area (Å²) in [5, 5.41) is 9.33. The van der Waals surface area contributed by atoms with E-state index in [9.17, 15) is 17.9 Å². The van der Waals surface area contributed by atoms with Gasteiger partial charge in [0.1, 0.15) is 5.82 Å². The van der Waals surface area contributed by atoms with Crippen LogP contribution in [0, 0.1) is 11.2 Å². The van der Waals surface area contributed by atoms with Crippen LogP contribution in [-0.2, 0) is 15.8 Å². The smallest absolute Gasteiger partial charge is 0.215 e. The lowest BCUT2D eigenvalue weighted by Gasteiger charge is -2.29. The highest BCUT2D eigenvalue weighted by Gasteiger charge is 2.27. The molecular weight excluding hydrogens is 317 g/mol. The van der Waals surface area contributed by atoms with Gasteiger partial charge in [0, 0.05) is 18.6 Å². The molecule has 0 amide bonds. The summed E-state index contributed by atoms with van der Waals surface area (Å²) in [4.78, 5) is 0. The van der Waals surface area contributed by atoms with Crippen molar-refractivity contribution in [1.82, 2.24) is 4.72 Å². The highest BCUT2D eigenvalue weighted by molar-refractivity contribution is 7.88. The van der Waals surface area contributed by atoms with Crippen molar-refractivity contribution in [2.45, 2.75) is 32.4 Å². The topological polar surface area (TPSA) is 66.4 Å². The lowest BCUT2D eigenvalue weighted by molar-refractivity contribution is 0.119. The molecule has 0 atom stereocenters. The van der Waals surface area contributed by atoms with Gasteiger partial charge in [-0.2, -0.15) is 0 Å². The molecule has 0 saturated carbocycles. The predicted octanol–water partition coefficient (Wildman–Crippen LogP) is 2.70. The second-order valence-electron chi connectivity index (χ2n) is 5.19. The van der Waals surface area contributed by atoms with Crippen molar-refractivity contribution in [3.8, 4) is 0 Å². The van der Waals surface area contributed by atoms with E-state index in [-0.39, 0.29) is 23.9 Å². The summed E-state index contributed by atoms with van der Waals surface area (Å²) >= 11 is 5.64. The largest absolute Gasteiger partial charge is 0.396 e. The number of aliphatic hydroxyl groups excluding tert-OH is 1. The zero-order chi connectivity index (χ0) is 16.1. The average Bonchev–Trinajstić information content (AvgIpc) is 2.45. The molecule has 0 saturated heterocycles. The quantitative estimate of drug-likeness (QED) is 0.766. The Bertz CT molecular complexity index is 565. The van der Waals surface area contributed by atoms with Crippen molar-refractivity contribution in [2.24, 2.45) is 5.41 Å². The van der Waals surface area contributed by atoms with Gasteiger partial charge in [0.05, 0.1) is 10.8 Å². The molecule has 0 aliphatic rings. The Morgan fingerprint density at radius 2 is 1.95 bits per heavy atom. The summed E-state index contributed by atoms with van der Waals surface area (Å²) in [5.74, 6) is -0.857. The van der Waals surface area contributed by atoms with Gasteiger partial charge in [-0.05, 0) is 30.5 Å². The Kier molecular flexibility index (Phi) is 6.59. The van der Waals surface area contributed by atoms with E-state index in [0.717, 1.165) is 6.07 Å². The van der Waals surface area contributed by atoms with Crippen molar-refractivity contribution in [2.75, 3.05) is 13.2 Å². The maximum Gasteiger partial charge on any atom is 0.215 e. The first-order chi connectivity index (χ1) is 9.77. The summed E-state index contributed by atoms with van der Waals surface area (Å²) < 4.78 is 39.7. The molecule has 1 aromatic carbocycles. The van der Waals surface area contributed by atoms with Crippen LogP contribution in [0.15, 0.2) is 18.2 Å². The third-order valence-electron chi connectivity index (χ3n) is 3.84. The molecule has 21 heavy (non-hydrogen) atoms. The number of rotatable bonds is 8. The zero-order valence-electron chi connectivity index (χ0n) is 12.2. The van der Waals surface area contributed by atoms with Crippen molar-refractivity contribution in [3.63, 3.8) is 0 Å². The lowest BCUT2D eigenvalue weighted by atomic mass is 9.84. The normalized spacial score (nSPS) is 12.6. The summed E-state index contributed by atoms with van der Waals surface area (Å²) in [6, 6.07) is 3.83. The molecule has 7 heteroatoms. The maximum atomic E-state index is 13.0. The van der Waals surface area contributed by atoms with E-state index >= 15 is 0 Å². The Balaban J connectivity index is 2.76. The molecule has 1 rings (SSSR count). The third-order valence-corrected chi connectivity index (χ3v) is 5.43. The molecule has 0 heterocycles. The van der Waals surface area contributed by atoms with Crippen molar-refractivity contribution < 1.29 is 17.9 Å². The van der Waals surface area contributed by atoms with Gasteiger partial charge in [-0.15, -0.1) is 0 Å². The van der Waals surface area contributed by atoms with Gasteiger partial charge >= 0.3 is 0 Å². The number of nitrogens with one attached hydrogen (secondary N) is 1. The van der Waals surface area contributed by atoms with Gasteiger partial charge in [-0.3, -0.25) is 0 Å². The lowest BCUT2D eigenvalue weighted by Crippen LogP contribution is -2.39. The average molecular weight is 338 g/mol. The molecule has 0 spiro atoms. The van der Waals surface area contributed by atoms with Crippen LogP contribution >= 0.6 is 11.6 Å². The van der Waals surface area contributed by atoms with Gasteiger partial charge in [0.2, 0.25) is 10.0 Å². The molecule has 0 aromatic heterocycles. The SMILES string of the molecule is CCC(CC)(CO)CNS(=O)(=O)Cc1ccc(F)c(Cl)c1. The Morgan fingerprint density at radius 1 is 1.33 bits per heavy atom. The van der Waals surface area contributed by atoms with Crippen LogP contribution in [-0.4, -0.2) is 26.7 Å². The molecule has 0 unspecified atom stereocenters. The van der Waals surface area contributed by atoms with E-state index in [2.05, 4.69) is 4.72 Å². The van der Waals surface area contributed by atoms with Gasteiger partial charge < -0.3 is 5.11 Å². The zero-order valence-corrected chi connectivity index (χ0v) is 13.8. The Labute approximate surface area is 130 Å². The van der Waals surface area contributed by atoms with Gasteiger partial charge in [0.25, 0.3) is 0 Å². The monoisotopic (exact) mass is 337 g/mol. The highest BCUT2D eigenvalue weighted by Crippen LogP contribution is 2.25. The van der Waals surface area contributed by atoms with E-state index in [1.54, 1.807) is 0 Å². The molecule has 120 valence electrons. The molecule has 0 bridgehead atoms. The van der Waals surface area contributed by atoms with E-state index in [0.29, 0.717) is 18.4 Å². The van der Waals surface area contributed by atoms with Crippen LogP contribution in [0.4, 0.5) is 4.39 Å². The van der Waals surface area contributed by atoms with Gasteiger partial charge in [-0.1, -0.05) is 31.5 Å². The molecule has 4 nitrogen and oxygen atoms in total. The van der Waals surface area contributed by atoms with Crippen molar-refractivity contribution in [3.05, 3.63) is 34.6 Å². The van der Waals surface area contributed by atoms with Crippen LogP contribution < -0.4 is 4.72 Å². The molecule has 0 aliphatic carbocycles. The minimum Gasteiger partial charge on any atom is -0.396 e. The standard InChI is InChI=1S/C14H21ClFNO3S/c1-3-14(4-2,10-18)9-17-21(19,20)8-11-5-6-13(16)12(15)7-11/h5-7,17-18H,3-4,8-10H2,1-2H3. The fourth-order valence-electron chi connectivity index (χ4n) is 1.94. The van der Waals surface area contributed by atoms with Crippen molar-refractivity contribution in [1.29, 1.82) is 0 Å². The number of benzene rings is 1. The number of hydrogen-bond acceptors (Lipinski definition) is 3. The second-order valence-corrected chi connectivity index (χ2v) is 7.41. The number of halogens is 2. The fourth-order valence-corrected chi connectivity index (χ4v) is 3.39. The van der Waals surface area contributed by atoms with Crippen LogP contribution in [0.25, 0.3) is 0 Å². The molecule has 1 aromatic rings. The first kappa shape index (κ1) is 18.4. The first-order valence-corrected chi connectivity index (χ1v) is 8.82. The Morgan fingerprint density at radius 3 is 2.43 bits per heavy atom. The van der Waals surface area contributed by atoms with Gasteiger partial charge in [0.15, 0.2) is 0 Å². The minimum atomic E-state index is -3.57. The summed E-state index contributed by atoms with van der Waals surface area (Å²) in [6.07, 6.45) is 1.34. The van der Waals surface area contributed by atoms with E-state index in [1.165, 1.54) is 12.1 Å². The molecule has 0 fully saturated rings. The minimum absolute atomic E-state index is 0.0785. The first-order valence-electron chi connectivity index (χ1n) is 6.79.